The van der Waals surface area contributed by atoms with Gasteiger partial charge in [-0.15, -0.1) is 12.4 Å². The van der Waals surface area contributed by atoms with E-state index in [2.05, 4.69) is 10.6 Å². The number of nitrogens with one attached hydrogen (secondary N) is 2. The van der Waals surface area contributed by atoms with Crippen molar-refractivity contribution in [1.29, 1.82) is 0 Å². The van der Waals surface area contributed by atoms with Gasteiger partial charge in [0.2, 0.25) is 5.91 Å². The third-order valence-electron chi connectivity index (χ3n) is 3.59. The van der Waals surface area contributed by atoms with Crippen molar-refractivity contribution in [3.63, 3.8) is 0 Å². The van der Waals surface area contributed by atoms with E-state index in [1.54, 1.807) is 0 Å². The van der Waals surface area contributed by atoms with Gasteiger partial charge in [0.05, 0.1) is 5.56 Å². The quantitative estimate of drug-likeness (QED) is 0.846. The largest absolute Gasteiger partial charge is 0.416 e. The number of hydrogen-bond donors (Lipinski definition) is 2. The summed E-state index contributed by atoms with van der Waals surface area (Å²) in [6.07, 6.45) is -4.60. The first kappa shape index (κ1) is 20.2. The first-order valence-corrected chi connectivity index (χ1v) is 7.20. The van der Waals surface area contributed by atoms with Crippen LogP contribution in [0.2, 0.25) is 0 Å². The second-order valence-corrected chi connectivity index (χ2v) is 5.53. The molecular formula is C15H19ClF3N3O2. The van der Waals surface area contributed by atoms with Crippen molar-refractivity contribution < 1.29 is 22.8 Å². The Hall–Kier alpha value is -1.80. The van der Waals surface area contributed by atoms with Crippen molar-refractivity contribution in [3.8, 4) is 0 Å². The molecule has 134 valence electrons. The van der Waals surface area contributed by atoms with Crippen molar-refractivity contribution in [2.24, 2.45) is 0 Å². The fourth-order valence-electron chi connectivity index (χ4n) is 2.50. The van der Waals surface area contributed by atoms with Crippen LogP contribution in [-0.4, -0.2) is 42.4 Å². The van der Waals surface area contributed by atoms with Crippen LogP contribution in [-0.2, 0) is 11.0 Å². The second-order valence-electron chi connectivity index (χ2n) is 5.53. The molecule has 2 amide bonds. The predicted molar refractivity (Wildman–Crippen MR) is 86.4 cm³/mol. The lowest BCUT2D eigenvalue weighted by molar-refractivity contribution is -0.137. The Morgan fingerprint density at radius 3 is 2.50 bits per heavy atom. The van der Waals surface area contributed by atoms with Gasteiger partial charge in [0.25, 0.3) is 5.91 Å². The van der Waals surface area contributed by atoms with Crippen LogP contribution in [0.3, 0.4) is 0 Å². The molecule has 1 aromatic rings. The van der Waals surface area contributed by atoms with Crippen LogP contribution in [0.4, 0.5) is 18.9 Å². The minimum absolute atomic E-state index is 0. The number of anilines is 1. The Labute approximate surface area is 144 Å². The molecule has 1 heterocycles. The van der Waals surface area contributed by atoms with E-state index in [0.717, 1.165) is 12.1 Å². The van der Waals surface area contributed by atoms with Crippen LogP contribution in [0.15, 0.2) is 18.2 Å². The molecule has 1 saturated heterocycles. The van der Waals surface area contributed by atoms with E-state index in [0.29, 0.717) is 19.6 Å². The van der Waals surface area contributed by atoms with Gasteiger partial charge in [0.15, 0.2) is 0 Å². The van der Waals surface area contributed by atoms with Gasteiger partial charge in [-0.3, -0.25) is 9.59 Å². The molecule has 0 radical (unpaired) electrons. The average Bonchev–Trinajstić information content (AvgIpc) is 2.45. The van der Waals surface area contributed by atoms with Gasteiger partial charge >= 0.3 is 6.18 Å². The highest BCUT2D eigenvalue weighted by atomic mass is 35.5. The second kappa shape index (κ2) is 7.85. The van der Waals surface area contributed by atoms with Crippen molar-refractivity contribution in [1.82, 2.24) is 10.2 Å². The Bertz CT molecular complexity index is 622. The fourth-order valence-corrected chi connectivity index (χ4v) is 2.50. The van der Waals surface area contributed by atoms with Crippen LogP contribution >= 0.6 is 12.4 Å². The third kappa shape index (κ3) is 4.85. The Morgan fingerprint density at radius 2 is 1.96 bits per heavy atom. The van der Waals surface area contributed by atoms with Gasteiger partial charge in [0, 0.05) is 43.9 Å². The zero-order chi connectivity index (χ0) is 17.2. The maximum Gasteiger partial charge on any atom is 0.416 e. The summed E-state index contributed by atoms with van der Waals surface area (Å²) in [6.45, 7) is 4.62. The smallest absolute Gasteiger partial charge is 0.333 e. The number of carbonyl (C=O) groups excluding carboxylic acids is 2. The summed E-state index contributed by atoms with van der Waals surface area (Å²) in [7, 11) is 0. The standard InChI is InChI=1S/C15H18F3N3O2.ClH/c1-9-8-19-3-4-21(9)14(23)11-5-12(15(16,17)18)7-13(6-11)20-10(2)22;/h5-7,9,19H,3-4,8H2,1-2H3,(H,20,22);1H/t9-;/m0./s1. The van der Waals surface area contributed by atoms with E-state index in [1.807, 2.05) is 6.92 Å². The molecule has 0 unspecified atom stereocenters. The molecule has 0 spiro atoms. The SMILES string of the molecule is CC(=O)Nc1cc(C(=O)N2CCNC[C@@H]2C)cc(C(F)(F)F)c1.Cl. The zero-order valence-corrected chi connectivity index (χ0v) is 14.1. The number of hydrogen-bond acceptors (Lipinski definition) is 3. The van der Waals surface area contributed by atoms with Gasteiger partial charge < -0.3 is 15.5 Å². The van der Waals surface area contributed by atoms with Crippen molar-refractivity contribution in [2.75, 3.05) is 25.0 Å². The zero-order valence-electron chi connectivity index (χ0n) is 13.2. The number of benzene rings is 1. The van der Waals surface area contributed by atoms with Crippen LogP contribution in [0, 0.1) is 0 Å². The normalized spacial score (nSPS) is 17.9. The van der Waals surface area contributed by atoms with E-state index >= 15 is 0 Å². The van der Waals surface area contributed by atoms with E-state index in [-0.39, 0.29) is 29.7 Å². The predicted octanol–water partition coefficient (Wildman–Crippen LogP) is 2.52. The van der Waals surface area contributed by atoms with Crippen LogP contribution in [0.25, 0.3) is 0 Å². The Morgan fingerprint density at radius 1 is 1.29 bits per heavy atom. The molecule has 0 bridgehead atoms. The first-order valence-electron chi connectivity index (χ1n) is 7.20. The number of alkyl halides is 3. The lowest BCUT2D eigenvalue weighted by atomic mass is 10.1. The molecule has 1 atom stereocenters. The van der Waals surface area contributed by atoms with Crippen LogP contribution < -0.4 is 10.6 Å². The molecule has 0 aromatic heterocycles. The molecule has 9 heteroatoms. The van der Waals surface area contributed by atoms with Crippen molar-refractivity contribution in [2.45, 2.75) is 26.1 Å². The molecule has 2 rings (SSSR count). The highest BCUT2D eigenvalue weighted by Crippen LogP contribution is 2.32. The maximum absolute atomic E-state index is 13.0. The summed E-state index contributed by atoms with van der Waals surface area (Å²) in [5, 5.41) is 5.42. The number of piperazine rings is 1. The fraction of sp³-hybridized carbons (Fsp3) is 0.467. The molecule has 1 aliphatic rings. The van der Waals surface area contributed by atoms with E-state index < -0.39 is 23.6 Å². The van der Waals surface area contributed by atoms with Gasteiger partial charge in [-0.05, 0) is 25.1 Å². The summed E-state index contributed by atoms with van der Waals surface area (Å²) in [6, 6.07) is 2.80. The van der Waals surface area contributed by atoms with Crippen molar-refractivity contribution >= 4 is 29.9 Å². The van der Waals surface area contributed by atoms with E-state index in [4.69, 9.17) is 0 Å². The van der Waals surface area contributed by atoms with Gasteiger partial charge in [0.1, 0.15) is 0 Å². The van der Waals surface area contributed by atoms with Crippen molar-refractivity contribution in [3.05, 3.63) is 29.3 Å². The molecule has 24 heavy (non-hydrogen) atoms. The summed E-state index contributed by atoms with van der Waals surface area (Å²) in [5.41, 5.74) is -1.09. The minimum Gasteiger partial charge on any atom is -0.333 e. The van der Waals surface area contributed by atoms with Crippen LogP contribution in [0.5, 0.6) is 0 Å². The van der Waals surface area contributed by atoms with Gasteiger partial charge in [-0.25, -0.2) is 0 Å². The lowest BCUT2D eigenvalue weighted by Crippen LogP contribution is -2.52. The number of nitrogens with zero attached hydrogens (tertiary/aromatic N) is 1. The first-order chi connectivity index (χ1) is 10.7. The number of halogens is 4. The number of amides is 2. The molecule has 5 nitrogen and oxygen atoms in total. The third-order valence-corrected chi connectivity index (χ3v) is 3.59. The van der Waals surface area contributed by atoms with E-state index in [9.17, 15) is 22.8 Å². The van der Waals surface area contributed by atoms with Gasteiger partial charge in [-0.2, -0.15) is 13.2 Å². The summed E-state index contributed by atoms with van der Waals surface area (Å²) in [5.74, 6) is -0.977. The highest BCUT2D eigenvalue weighted by Gasteiger charge is 2.33. The molecule has 2 N–H and O–H groups in total. The molecule has 1 fully saturated rings. The highest BCUT2D eigenvalue weighted by molar-refractivity contribution is 5.97. The molecule has 0 aliphatic carbocycles. The molecule has 0 saturated carbocycles. The van der Waals surface area contributed by atoms with Crippen LogP contribution in [0.1, 0.15) is 29.8 Å². The van der Waals surface area contributed by atoms with Gasteiger partial charge in [-0.1, -0.05) is 0 Å². The molecular weight excluding hydrogens is 347 g/mol. The summed E-state index contributed by atoms with van der Waals surface area (Å²) in [4.78, 5) is 25.2. The topological polar surface area (TPSA) is 61.4 Å². The summed E-state index contributed by atoms with van der Waals surface area (Å²) < 4.78 is 39.1. The molecule has 1 aromatic carbocycles. The number of rotatable bonds is 2. The van der Waals surface area contributed by atoms with E-state index in [1.165, 1.54) is 17.9 Å². The Balaban J connectivity index is 0.00000288. The lowest BCUT2D eigenvalue weighted by Gasteiger charge is -2.34. The minimum atomic E-state index is -4.60. The molecule has 1 aliphatic heterocycles. The summed E-state index contributed by atoms with van der Waals surface area (Å²) >= 11 is 0. The Kier molecular flexibility index (Phi) is 6.62. The maximum atomic E-state index is 13.0. The average molecular weight is 366 g/mol. The number of carbonyl (C=O) groups is 2. The monoisotopic (exact) mass is 365 g/mol.